The number of likely N-dealkylation sites (N-methyl/N-ethyl adjacent to an activating group) is 1. The van der Waals surface area contributed by atoms with E-state index in [4.69, 9.17) is 0 Å². The smallest absolute Gasteiger partial charge is 0.191 e. The predicted octanol–water partition coefficient (Wildman–Crippen LogP) is 2.69. The van der Waals surface area contributed by atoms with Crippen LogP contribution in [0.4, 0.5) is 0 Å². The van der Waals surface area contributed by atoms with Crippen LogP contribution in [0.5, 0.6) is 0 Å². The SMILES string of the molecule is CCCCCN=C(NCC)NCCN(C)C(C)C.I. The molecule has 5 heteroatoms. The zero-order valence-electron chi connectivity index (χ0n) is 13.3. The van der Waals surface area contributed by atoms with Gasteiger partial charge in [0, 0.05) is 32.2 Å². The standard InChI is InChI=1S/C14H32N4.HI/c1-6-8-9-10-16-14(15-7-2)17-11-12-18(5)13(3)4;/h13H,6-12H2,1-5H3,(H2,15,16,17);1H. The molecule has 0 heterocycles. The van der Waals surface area contributed by atoms with Gasteiger partial charge in [0.05, 0.1) is 0 Å². The van der Waals surface area contributed by atoms with Crippen molar-refractivity contribution in [2.24, 2.45) is 4.99 Å². The molecule has 0 aromatic heterocycles. The first-order valence-electron chi connectivity index (χ1n) is 7.34. The molecule has 0 radical (unpaired) electrons. The molecule has 0 aliphatic heterocycles. The fourth-order valence-electron chi connectivity index (χ4n) is 1.50. The highest BCUT2D eigenvalue weighted by Gasteiger charge is 2.02. The second kappa shape index (κ2) is 14.4. The zero-order valence-corrected chi connectivity index (χ0v) is 15.7. The Kier molecular flexibility index (Phi) is 16.1. The Morgan fingerprint density at radius 2 is 1.84 bits per heavy atom. The minimum atomic E-state index is 0. The molecule has 0 aromatic rings. The lowest BCUT2D eigenvalue weighted by atomic mass is 10.2. The van der Waals surface area contributed by atoms with E-state index in [1.165, 1.54) is 19.3 Å². The number of hydrogen-bond donors (Lipinski definition) is 2. The van der Waals surface area contributed by atoms with Gasteiger partial charge >= 0.3 is 0 Å². The van der Waals surface area contributed by atoms with Gasteiger partial charge in [0.2, 0.25) is 0 Å². The van der Waals surface area contributed by atoms with Crippen molar-refractivity contribution in [1.29, 1.82) is 0 Å². The highest BCUT2D eigenvalue weighted by molar-refractivity contribution is 14.0. The fraction of sp³-hybridized carbons (Fsp3) is 0.929. The molecule has 4 nitrogen and oxygen atoms in total. The third-order valence-electron chi connectivity index (χ3n) is 3.01. The average Bonchev–Trinajstić information content (AvgIpc) is 2.34. The number of unbranched alkanes of at least 4 members (excludes halogenated alkanes) is 2. The summed E-state index contributed by atoms with van der Waals surface area (Å²) in [5.41, 5.74) is 0. The molecule has 116 valence electrons. The van der Waals surface area contributed by atoms with Crippen LogP contribution in [0.1, 0.15) is 47.0 Å². The van der Waals surface area contributed by atoms with Gasteiger partial charge in [-0.15, -0.1) is 24.0 Å². The van der Waals surface area contributed by atoms with Crippen LogP contribution in [0.3, 0.4) is 0 Å². The van der Waals surface area contributed by atoms with E-state index in [0.717, 1.165) is 32.1 Å². The maximum Gasteiger partial charge on any atom is 0.191 e. The van der Waals surface area contributed by atoms with Crippen molar-refractivity contribution in [3.8, 4) is 0 Å². The minimum absolute atomic E-state index is 0. The summed E-state index contributed by atoms with van der Waals surface area (Å²) in [5.74, 6) is 0.950. The number of rotatable bonds is 9. The summed E-state index contributed by atoms with van der Waals surface area (Å²) in [6.45, 7) is 12.6. The number of halogens is 1. The van der Waals surface area contributed by atoms with Gasteiger partial charge in [0.25, 0.3) is 0 Å². The molecule has 19 heavy (non-hydrogen) atoms. The first kappa shape index (κ1) is 21.3. The molecule has 0 amide bonds. The lowest BCUT2D eigenvalue weighted by Crippen LogP contribution is -2.42. The van der Waals surface area contributed by atoms with Crippen LogP contribution in [0.2, 0.25) is 0 Å². The molecule has 0 unspecified atom stereocenters. The molecule has 0 aliphatic carbocycles. The van der Waals surface area contributed by atoms with Crippen LogP contribution >= 0.6 is 24.0 Å². The van der Waals surface area contributed by atoms with Crippen molar-refractivity contribution < 1.29 is 0 Å². The first-order chi connectivity index (χ1) is 8.61. The second-order valence-corrected chi connectivity index (χ2v) is 4.97. The Morgan fingerprint density at radius 3 is 2.37 bits per heavy atom. The molecule has 0 bridgehead atoms. The molecule has 0 atom stereocenters. The molecular weight excluding hydrogens is 351 g/mol. The van der Waals surface area contributed by atoms with Crippen LogP contribution in [0.15, 0.2) is 4.99 Å². The van der Waals surface area contributed by atoms with Crippen LogP contribution in [0.25, 0.3) is 0 Å². The van der Waals surface area contributed by atoms with E-state index in [1.54, 1.807) is 0 Å². The Balaban J connectivity index is 0. The molecule has 0 spiro atoms. The Bertz CT molecular complexity index is 219. The average molecular weight is 384 g/mol. The van der Waals surface area contributed by atoms with Gasteiger partial charge in [-0.05, 0) is 34.2 Å². The summed E-state index contributed by atoms with van der Waals surface area (Å²) in [7, 11) is 2.15. The quantitative estimate of drug-likeness (QED) is 0.278. The summed E-state index contributed by atoms with van der Waals surface area (Å²) < 4.78 is 0. The zero-order chi connectivity index (χ0) is 13.8. The monoisotopic (exact) mass is 384 g/mol. The highest BCUT2D eigenvalue weighted by Crippen LogP contribution is 1.94. The lowest BCUT2D eigenvalue weighted by Gasteiger charge is -2.21. The first-order valence-corrected chi connectivity index (χ1v) is 7.34. The number of nitrogens with one attached hydrogen (secondary N) is 2. The summed E-state index contributed by atoms with van der Waals surface area (Å²) >= 11 is 0. The van der Waals surface area contributed by atoms with E-state index in [9.17, 15) is 0 Å². The van der Waals surface area contributed by atoms with Crippen molar-refractivity contribution in [2.75, 3.05) is 33.2 Å². The van der Waals surface area contributed by atoms with Crippen LogP contribution < -0.4 is 10.6 Å². The summed E-state index contributed by atoms with van der Waals surface area (Å²) in [6, 6.07) is 0.593. The van der Waals surface area contributed by atoms with Gasteiger partial charge in [0.15, 0.2) is 5.96 Å². The van der Waals surface area contributed by atoms with Gasteiger partial charge in [0.1, 0.15) is 0 Å². The molecule has 0 aromatic carbocycles. The Hall–Kier alpha value is -0.0400. The third-order valence-corrected chi connectivity index (χ3v) is 3.01. The van der Waals surface area contributed by atoms with Gasteiger partial charge in [-0.25, -0.2) is 0 Å². The topological polar surface area (TPSA) is 39.7 Å². The number of guanidine groups is 1. The van der Waals surface area contributed by atoms with E-state index >= 15 is 0 Å². The van der Waals surface area contributed by atoms with Crippen molar-refractivity contribution in [1.82, 2.24) is 15.5 Å². The van der Waals surface area contributed by atoms with Crippen LogP contribution in [-0.4, -0.2) is 50.1 Å². The van der Waals surface area contributed by atoms with E-state index in [1.807, 2.05) is 0 Å². The summed E-state index contributed by atoms with van der Waals surface area (Å²) in [4.78, 5) is 6.90. The fourth-order valence-corrected chi connectivity index (χ4v) is 1.50. The van der Waals surface area contributed by atoms with Crippen molar-refractivity contribution in [3.63, 3.8) is 0 Å². The van der Waals surface area contributed by atoms with Crippen molar-refractivity contribution >= 4 is 29.9 Å². The van der Waals surface area contributed by atoms with E-state index < -0.39 is 0 Å². The lowest BCUT2D eigenvalue weighted by molar-refractivity contribution is 0.278. The molecule has 0 rings (SSSR count). The molecule has 0 fully saturated rings. The van der Waals surface area contributed by atoms with E-state index in [-0.39, 0.29) is 24.0 Å². The predicted molar refractivity (Wildman–Crippen MR) is 96.7 cm³/mol. The van der Waals surface area contributed by atoms with E-state index in [2.05, 4.69) is 55.3 Å². The molecule has 0 saturated carbocycles. The molecule has 0 saturated heterocycles. The third kappa shape index (κ3) is 12.7. The maximum absolute atomic E-state index is 4.57. The molecule has 0 aliphatic rings. The van der Waals surface area contributed by atoms with Crippen LogP contribution in [0, 0.1) is 0 Å². The number of hydrogen-bond acceptors (Lipinski definition) is 2. The van der Waals surface area contributed by atoms with Gasteiger partial charge < -0.3 is 15.5 Å². The normalized spacial score (nSPS) is 11.6. The second-order valence-electron chi connectivity index (χ2n) is 4.97. The number of nitrogens with zero attached hydrogens (tertiary/aromatic N) is 2. The van der Waals surface area contributed by atoms with Gasteiger partial charge in [-0.1, -0.05) is 19.8 Å². The largest absolute Gasteiger partial charge is 0.357 e. The Labute approximate surface area is 136 Å². The number of aliphatic imine (C=N–C) groups is 1. The highest BCUT2D eigenvalue weighted by atomic mass is 127. The van der Waals surface area contributed by atoms with Crippen molar-refractivity contribution in [3.05, 3.63) is 0 Å². The molecule has 2 N–H and O–H groups in total. The van der Waals surface area contributed by atoms with Gasteiger partial charge in [-0.3, -0.25) is 4.99 Å². The summed E-state index contributed by atoms with van der Waals surface area (Å²) in [5, 5.41) is 6.66. The maximum atomic E-state index is 4.57. The summed E-state index contributed by atoms with van der Waals surface area (Å²) in [6.07, 6.45) is 3.69. The van der Waals surface area contributed by atoms with Crippen molar-refractivity contribution in [2.45, 2.75) is 53.0 Å². The molecular formula is C14H33IN4. The van der Waals surface area contributed by atoms with E-state index in [0.29, 0.717) is 6.04 Å². The van der Waals surface area contributed by atoms with Crippen LogP contribution in [-0.2, 0) is 0 Å². The Morgan fingerprint density at radius 1 is 1.16 bits per heavy atom. The minimum Gasteiger partial charge on any atom is -0.357 e. The van der Waals surface area contributed by atoms with Gasteiger partial charge in [-0.2, -0.15) is 0 Å².